The molecule has 3 rings (SSSR count). The number of pyridine rings is 2. The predicted octanol–water partition coefficient (Wildman–Crippen LogP) is 2.77. The summed E-state index contributed by atoms with van der Waals surface area (Å²) in [7, 11) is 0. The second-order valence-electron chi connectivity index (χ2n) is 4.49. The Kier molecular flexibility index (Phi) is 3.32. The molecule has 0 bridgehead atoms. The van der Waals surface area contributed by atoms with E-state index in [1.54, 1.807) is 36.8 Å². The molecule has 1 aromatic carbocycles. The van der Waals surface area contributed by atoms with E-state index in [1.807, 2.05) is 24.3 Å². The number of aromatic nitrogens is 2. The molecule has 0 saturated carbocycles. The minimum absolute atomic E-state index is 0.138. The Labute approximate surface area is 121 Å². The first kappa shape index (κ1) is 12.8. The van der Waals surface area contributed by atoms with Crippen molar-refractivity contribution in [3.8, 4) is 22.9 Å². The molecule has 0 radical (unpaired) electrons. The summed E-state index contributed by atoms with van der Waals surface area (Å²) < 4.78 is 1.52. The highest BCUT2D eigenvalue weighted by molar-refractivity contribution is 5.69. The molecule has 0 fully saturated rings. The van der Waals surface area contributed by atoms with Crippen molar-refractivity contribution in [2.24, 2.45) is 0 Å². The van der Waals surface area contributed by atoms with Crippen LogP contribution in [0.1, 0.15) is 5.56 Å². The van der Waals surface area contributed by atoms with Crippen molar-refractivity contribution in [2.45, 2.75) is 0 Å². The normalized spacial score (nSPS) is 10.0. The lowest BCUT2D eigenvalue weighted by molar-refractivity contribution is 0.980. The second kappa shape index (κ2) is 5.43. The molecule has 0 aliphatic heterocycles. The van der Waals surface area contributed by atoms with E-state index in [0.717, 1.165) is 11.1 Å². The fourth-order valence-electron chi connectivity index (χ4n) is 2.18. The first-order valence-corrected chi connectivity index (χ1v) is 6.42. The molecule has 0 saturated heterocycles. The molecule has 100 valence electrons. The highest BCUT2D eigenvalue weighted by Crippen LogP contribution is 2.22. The van der Waals surface area contributed by atoms with Crippen LogP contribution < -0.4 is 5.56 Å². The minimum atomic E-state index is -0.138. The zero-order valence-corrected chi connectivity index (χ0v) is 11.1. The van der Waals surface area contributed by atoms with Crippen LogP contribution in [0, 0.1) is 11.3 Å². The van der Waals surface area contributed by atoms with E-state index in [9.17, 15) is 10.1 Å². The number of hydrogen-bond donors (Lipinski definition) is 0. The van der Waals surface area contributed by atoms with Gasteiger partial charge in [0.05, 0.1) is 23.5 Å². The van der Waals surface area contributed by atoms with Gasteiger partial charge in [-0.1, -0.05) is 18.2 Å². The molecule has 0 unspecified atom stereocenters. The van der Waals surface area contributed by atoms with Crippen LogP contribution in [0.2, 0.25) is 0 Å². The molecule has 4 heteroatoms. The topological polar surface area (TPSA) is 58.7 Å². The van der Waals surface area contributed by atoms with E-state index in [2.05, 4.69) is 11.1 Å². The molecule has 4 nitrogen and oxygen atoms in total. The van der Waals surface area contributed by atoms with Crippen molar-refractivity contribution in [1.82, 2.24) is 9.55 Å². The number of benzene rings is 1. The molecular formula is C17H11N3O. The lowest BCUT2D eigenvalue weighted by Crippen LogP contribution is -2.16. The maximum absolute atomic E-state index is 12.0. The van der Waals surface area contributed by atoms with Gasteiger partial charge in [-0.15, -0.1) is 0 Å². The van der Waals surface area contributed by atoms with E-state index < -0.39 is 0 Å². The quantitative estimate of drug-likeness (QED) is 0.721. The van der Waals surface area contributed by atoms with Crippen molar-refractivity contribution < 1.29 is 0 Å². The maximum Gasteiger partial charge on any atom is 0.255 e. The smallest absolute Gasteiger partial charge is 0.255 e. The van der Waals surface area contributed by atoms with Gasteiger partial charge in [-0.3, -0.25) is 14.3 Å². The molecule has 0 spiro atoms. The van der Waals surface area contributed by atoms with Gasteiger partial charge in [0.2, 0.25) is 0 Å². The van der Waals surface area contributed by atoms with Gasteiger partial charge in [-0.05, 0) is 29.8 Å². The van der Waals surface area contributed by atoms with Crippen LogP contribution in [0.15, 0.2) is 71.9 Å². The third kappa shape index (κ3) is 2.45. The summed E-state index contributed by atoms with van der Waals surface area (Å²) >= 11 is 0. The number of nitriles is 1. The average molecular weight is 273 g/mol. The van der Waals surface area contributed by atoms with E-state index in [0.29, 0.717) is 11.3 Å². The van der Waals surface area contributed by atoms with Crippen LogP contribution in [-0.4, -0.2) is 9.55 Å². The van der Waals surface area contributed by atoms with Gasteiger partial charge in [0.15, 0.2) is 0 Å². The largest absolute Gasteiger partial charge is 0.282 e. The molecule has 0 aliphatic rings. The third-order valence-corrected chi connectivity index (χ3v) is 3.19. The Morgan fingerprint density at radius 1 is 1.05 bits per heavy atom. The summed E-state index contributed by atoms with van der Waals surface area (Å²) in [5.41, 5.74) is 2.75. The highest BCUT2D eigenvalue weighted by atomic mass is 16.1. The van der Waals surface area contributed by atoms with Crippen molar-refractivity contribution >= 4 is 0 Å². The monoisotopic (exact) mass is 273 g/mol. The summed E-state index contributed by atoms with van der Waals surface area (Å²) in [6.45, 7) is 0. The Balaban J connectivity index is 2.19. The van der Waals surface area contributed by atoms with Gasteiger partial charge in [-0.25, -0.2) is 0 Å². The van der Waals surface area contributed by atoms with Crippen LogP contribution in [-0.2, 0) is 0 Å². The fraction of sp³-hybridized carbons (Fsp3) is 0. The molecular weight excluding hydrogens is 262 g/mol. The molecule has 2 aromatic heterocycles. The molecule has 2 heterocycles. The molecule has 0 N–H and O–H groups in total. The van der Waals surface area contributed by atoms with E-state index in [4.69, 9.17) is 0 Å². The van der Waals surface area contributed by atoms with Gasteiger partial charge < -0.3 is 0 Å². The molecule has 3 aromatic rings. The van der Waals surface area contributed by atoms with Gasteiger partial charge in [0, 0.05) is 24.0 Å². The first-order valence-electron chi connectivity index (χ1n) is 6.42. The summed E-state index contributed by atoms with van der Waals surface area (Å²) in [4.78, 5) is 16.1. The van der Waals surface area contributed by atoms with Crippen LogP contribution in [0.25, 0.3) is 16.8 Å². The molecule has 0 amide bonds. The van der Waals surface area contributed by atoms with Gasteiger partial charge >= 0.3 is 0 Å². The summed E-state index contributed by atoms with van der Waals surface area (Å²) in [5, 5.41) is 9.19. The summed E-state index contributed by atoms with van der Waals surface area (Å²) in [6.07, 6.45) is 5.01. The van der Waals surface area contributed by atoms with Crippen molar-refractivity contribution in [3.05, 3.63) is 83.0 Å². The van der Waals surface area contributed by atoms with Gasteiger partial charge in [0.25, 0.3) is 5.56 Å². The molecule has 0 atom stereocenters. The van der Waals surface area contributed by atoms with Crippen LogP contribution in [0.3, 0.4) is 0 Å². The van der Waals surface area contributed by atoms with Gasteiger partial charge in [0.1, 0.15) is 0 Å². The second-order valence-corrected chi connectivity index (χ2v) is 4.49. The molecule has 0 aliphatic carbocycles. The zero-order chi connectivity index (χ0) is 14.7. The Morgan fingerprint density at radius 2 is 1.90 bits per heavy atom. The minimum Gasteiger partial charge on any atom is -0.282 e. The van der Waals surface area contributed by atoms with Crippen molar-refractivity contribution in [3.63, 3.8) is 0 Å². The summed E-state index contributed by atoms with van der Waals surface area (Å²) in [5.74, 6) is 0. The fourth-order valence-corrected chi connectivity index (χ4v) is 2.18. The highest BCUT2D eigenvalue weighted by Gasteiger charge is 2.07. The van der Waals surface area contributed by atoms with Gasteiger partial charge in [-0.2, -0.15) is 5.26 Å². The maximum atomic E-state index is 12.0. The van der Waals surface area contributed by atoms with Crippen molar-refractivity contribution in [1.29, 1.82) is 5.26 Å². The standard InChI is InChI=1S/C17H11N3O/c18-10-13-4-1-2-6-16(13)14-7-8-17(21)20(12-14)15-5-3-9-19-11-15/h1-9,11-12H. The predicted molar refractivity (Wildman–Crippen MR) is 80.0 cm³/mol. The van der Waals surface area contributed by atoms with E-state index in [-0.39, 0.29) is 5.56 Å². The average Bonchev–Trinajstić information content (AvgIpc) is 2.56. The lowest BCUT2D eigenvalue weighted by Gasteiger charge is -2.09. The Bertz CT molecular complexity index is 876. The molecule has 21 heavy (non-hydrogen) atoms. The first-order chi connectivity index (χ1) is 10.3. The van der Waals surface area contributed by atoms with Crippen LogP contribution in [0.5, 0.6) is 0 Å². The van der Waals surface area contributed by atoms with Crippen LogP contribution >= 0.6 is 0 Å². The number of hydrogen-bond acceptors (Lipinski definition) is 3. The Morgan fingerprint density at radius 3 is 2.67 bits per heavy atom. The number of nitrogens with zero attached hydrogens (tertiary/aromatic N) is 3. The Hall–Kier alpha value is -3.19. The van der Waals surface area contributed by atoms with E-state index in [1.165, 1.54) is 10.6 Å². The third-order valence-electron chi connectivity index (χ3n) is 3.19. The zero-order valence-electron chi connectivity index (χ0n) is 11.1. The van der Waals surface area contributed by atoms with Crippen LogP contribution in [0.4, 0.5) is 0 Å². The summed E-state index contributed by atoms with van der Waals surface area (Å²) in [6, 6.07) is 16.3. The van der Waals surface area contributed by atoms with Crippen molar-refractivity contribution in [2.75, 3.05) is 0 Å². The number of rotatable bonds is 2. The van der Waals surface area contributed by atoms with E-state index >= 15 is 0 Å². The lowest BCUT2D eigenvalue weighted by atomic mass is 10.0. The SMILES string of the molecule is N#Cc1ccccc1-c1ccc(=O)n(-c2cccnc2)c1.